The van der Waals surface area contributed by atoms with Gasteiger partial charge in [0.1, 0.15) is 11.9 Å². The van der Waals surface area contributed by atoms with Gasteiger partial charge in [-0.25, -0.2) is 9.07 Å². The third-order valence-corrected chi connectivity index (χ3v) is 6.79. The third kappa shape index (κ3) is 3.06. The minimum absolute atomic E-state index is 0.175. The van der Waals surface area contributed by atoms with Gasteiger partial charge in [-0.3, -0.25) is 4.79 Å². The predicted molar refractivity (Wildman–Crippen MR) is 108 cm³/mol. The van der Waals surface area contributed by atoms with Crippen molar-refractivity contribution in [1.29, 1.82) is 0 Å². The highest BCUT2D eigenvalue weighted by atomic mass is 32.2. The summed E-state index contributed by atoms with van der Waals surface area (Å²) in [5, 5.41) is 10.6. The molecule has 0 saturated carbocycles. The van der Waals surface area contributed by atoms with Crippen LogP contribution in [0, 0.1) is 5.82 Å². The van der Waals surface area contributed by atoms with E-state index in [1.165, 1.54) is 17.8 Å². The average molecular weight is 413 g/mol. The van der Waals surface area contributed by atoms with Gasteiger partial charge in [0.05, 0.1) is 0 Å². The Labute approximate surface area is 169 Å². The number of carbonyl (C=O) groups excluding carboxylic acids is 1. The molecular formula is C20H17FN4OS2. The third-order valence-electron chi connectivity index (χ3n) is 4.98. The van der Waals surface area contributed by atoms with Crippen molar-refractivity contribution in [2.75, 3.05) is 5.32 Å². The van der Waals surface area contributed by atoms with E-state index in [2.05, 4.69) is 15.4 Å². The molecule has 0 bridgehead atoms. The summed E-state index contributed by atoms with van der Waals surface area (Å²) < 4.78 is 15.7. The van der Waals surface area contributed by atoms with Gasteiger partial charge in [0.25, 0.3) is 0 Å². The van der Waals surface area contributed by atoms with Crippen molar-refractivity contribution in [2.24, 2.45) is 0 Å². The first kappa shape index (κ1) is 17.6. The monoisotopic (exact) mass is 412 g/mol. The zero-order valence-corrected chi connectivity index (χ0v) is 16.5. The normalized spacial score (nSPS) is 18.6. The van der Waals surface area contributed by atoms with Crippen LogP contribution < -0.4 is 5.32 Å². The number of nitrogens with one attached hydrogen (secondary N) is 1. The first-order valence-corrected chi connectivity index (χ1v) is 11.0. The number of benzene rings is 1. The Bertz CT molecular complexity index is 1070. The number of halogens is 1. The lowest BCUT2D eigenvalue weighted by Gasteiger charge is -2.31. The molecule has 2 aromatic heterocycles. The zero-order valence-electron chi connectivity index (χ0n) is 14.9. The number of allylic oxidation sites excluding steroid dienone is 2. The van der Waals surface area contributed by atoms with Crippen molar-refractivity contribution in [2.45, 2.75) is 36.2 Å². The largest absolute Gasteiger partial charge is 0.328 e. The molecule has 1 atom stereocenters. The Kier molecular flexibility index (Phi) is 4.52. The van der Waals surface area contributed by atoms with Crippen LogP contribution in [0.4, 0.5) is 10.3 Å². The minimum Gasteiger partial charge on any atom is -0.328 e. The van der Waals surface area contributed by atoms with Gasteiger partial charge in [-0.1, -0.05) is 36.0 Å². The lowest BCUT2D eigenvalue weighted by atomic mass is 9.88. The first-order valence-electron chi connectivity index (χ1n) is 9.10. The molecule has 8 heteroatoms. The Hall–Kier alpha value is -2.45. The van der Waals surface area contributed by atoms with Gasteiger partial charge >= 0.3 is 0 Å². The summed E-state index contributed by atoms with van der Waals surface area (Å²) >= 11 is 3.00. The molecule has 0 amide bonds. The van der Waals surface area contributed by atoms with Crippen LogP contribution in [-0.2, 0) is 10.5 Å². The van der Waals surface area contributed by atoms with Crippen LogP contribution >= 0.6 is 23.1 Å². The van der Waals surface area contributed by atoms with Crippen LogP contribution in [0.1, 0.15) is 35.7 Å². The summed E-state index contributed by atoms with van der Waals surface area (Å²) in [6.45, 7) is 0. The van der Waals surface area contributed by atoms with Crippen LogP contribution in [0.25, 0.3) is 0 Å². The van der Waals surface area contributed by atoms with Gasteiger partial charge in [0, 0.05) is 28.3 Å². The van der Waals surface area contributed by atoms with Crippen LogP contribution in [0.5, 0.6) is 0 Å². The Morgan fingerprint density at radius 3 is 2.96 bits per heavy atom. The van der Waals surface area contributed by atoms with Crippen molar-refractivity contribution in [3.8, 4) is 0 Å². The Morgan fingerprint density at radius 1 is 1.25 bits per heavy atom. The highest BCUT2D eigenvalue weighted by Crippen LogP contribution is 2.41. The molecule has 1 aromatic carbocycles. The van der Waals surface area contributed by atoms with Crippen LogP contribution in [0.15, 0.2) is 58.2 Å². The summed E-state index contributed by atoms with van der Waals surface area (Å²) in [6, 6.07) is 10.5. The molecule has 1 aliphatic heterocycles. The molecule has 0 unspecified atom stereocenters. The average Bonchev–Trinajstić information content (AvgIpc) is 3.35. The van der Waals surface area contributed by atoms with E-state index in [1.807, 2.05) is 23.6 Å². The smallest absolute Gasteiger partial charge is 0.227 e. The summed E-state index contributed by atoms with van der Waals surface area (Å²) in [5.74, 6) is 1.04. The van der Waals surface area contributed by atoms with Gasteiger partial charge in [0.15, 0.2) is 5.78 Å². The van der Waals surface area contributed by atoms with E-state index in [0.29, 0.717) is 28.8 Å². The van der Waals surface area contributed by atoms with E-state index in [9.17, 15) is 9.18 Å². The fourth-order valence-electron chi connectivity index (χ4n) is 3.67. The van der Waals surface area contributed by atoms with Gasteiger partial charge in [-0.2, -0.15) is 4.98 Å². The fraction of sp³-hybridized carbons (Fsp3) is 0.250. The maximum absolute atomic E-state index is 13.9. The van der Waals surface area contributed by atoms with E-state index < -0.39 is 0 Å². The van der Waals surface area contributed by atoms with E-state index in [1.54, 1.807) is 28.2 Å². The summed E-state index contributed by atoms with van der Waals surface area (Å²) in [4.78, 5) is 18.4. The van der Waals surface area contributed by atoms with Gasteiger partial charge in [-0.05, 0) is 35.9 Å². The van der Waals surface area contributed by atoms with Crippen molar-refractivity contribution in [1.82, 2.24) is 14.8 Å². The number of carbonyl (C=O) groups is 1. The Morgan fingerprint density at radius 2 is 2.14 bits per heavy atom. The maximum atomic E-state index is 13.9. The summed E-state index contributed by atoms with van der Waals surface area (Å²) in [6.07, 6.45) is 2.26. The molecule has 0 spiro atoms. The zero-order chi connectivity index (χ0) is 19.1. The molecule has 0 saturated heterocycles. The van der Waals surface area contributed by atoms with Gasteiger partial charge in [-0.15, -0.1) is 16.4 Å². The van der Waals surface area contributed by atoms with Crippen LogP contribution in [0.2, 0.25) is 0 Å². The first-order chi connectivity index (χ1) is 13.7. The second-order valence-electron chi connectivity index (χ2n) is 6.75. The highest BCUT2D eigenvalue weighted by molar-refractivity contribution is 7.98. The molecular weight excluding hydrogens is 395 g/mol. The van der Waals surface area contributed by atoms with E-state index in [4.69, 9.17) is 0 Å². The summed E-state index contributed by atoms with van der Waals surface area (Å²) in [5.41, 5.74) is 2.38. The molecule has 0 radical (unpaired) electrons. The van der Waals surface area contributed by atoms with Crippen molar-refractivity contribution in [3.63, 3.8) is 0 Å². The molecule has 5 nitrogen and oxygen atoms in total. The fourth-order valence-corrected chi connectivity index (χ4v) is 5.30. The van der Waals surface area contributed by atoms with Crippen molar-refractivity contribution in [3.05, 3.63) is 69.3 Å². The number of thiophene rings is 1. The number of rotatable bonds is 4. The van der Waals surface area contributed by atoms with E-state index in [0.717, 1.165) is 29.0 Å². The number of hydrogen-bond donors (Lipinski definition) is 1. The molecule has 5 rings (SSSR count). The van der Waals surface area contributed by atoms with E-state index >= 15 is 0 Å². The minimum atomic E-state index is -0.241. The number of ketones is 1. The molecule has 0 fully saturated rings. The lowest BCUT2D eigenvalue weighted by molar-refractivity contribution is -0.116. The topological polar surface area (TPSA) is 59.8 Å². The highest BCUT2D eigenvalue weighted by Gasteiger charge is 2.37. The number of nitrogens with zero attached hydrogens (tertiary/aromatic N) is 3. The number of hydrogen-bond acceptors (Lipinski definition) is 6. The lowest BCUT2D eigenvalue weighted by Crippen LogP contribution is -2.31. The quantitative estimate of drug-likeness (QED) is 0.624. The SMILES string of the molecule is O=C1CCCC2=C1[C@H](c1cccs1)n1nc(SCc3ccccc3F)nc1N2. The Balaban J connectivity index is 1.49. The molecule has 28 heavy (non-hydrogen) atoms. The van der Waals surface area contributed by atoms with E-state index in [-0.39, 0.29) is 17.6 Å². The molecule has 2 aliphatic rings. The molecule has 142 valence electrons. The van der Waals surface area contributed by atoms with Crippen molar-refractivity contribution >= 4 is 34.8 Å². The molecule has 1 N–H and O–H groups in total. The number of fused-ring (bicyclic) bond motifs is 1. The number of thioether (sulfide) groups is 1. The number of aromatic nitrogens is 3. The maximum Gasteiger partial charge on any atom is 0.227 e. The molecule has 3 heterocycles. The molecule has 1 aliphatic carbocycles. The predicted octanol–water partition coefficient (Wildman–Crippen LogP) is 4.79. The second-order valence-corrected chi connectivity index (χ2v) is 8.68. The van der Waals surface area contributed by atoms with Crippen LogP contribution in [-0.4, -0.2) is 20.5 Å². The number of Topliss-reactive ketones (excluding diaryl/α,β-unsaturated/α-hetero) is 1. The standard InChI is InChI=1S/C20H17FN4OS2/c21-13-6-2-1-5-12(13)11-28-20-23-19-22-14-7-3-8-15(26)17(14)18(25(19)24-20)16-9-4-10-27-16/h1-2,4-6,9-10,18H,3,7-8,11H2,(H,22,23,24)/t18-/m0/s1. The summed E-state index contributed by atoms with van der Waals surface area (Å²) in [7, 11) is 0. The van der Waals surface area contributed by atoms with Crippen molar-refractivity contribution < 1.29 is 9.18 Å². The van der Waals surface area contributed by atoms with Gasteiger partial charge < -0.3 is 5.32 Å². The number of anilines is 1. The second kappa shape index (κ2) is 7.18. The molecule has 3 aromatic rings. The van der Waals surface area contributed by atoms with Gasteiger partial charge in [0.2, 0.25) is 11.1 Å². The van der Waals surface area contributed by atoms with Crippen LogP contribution in [0.3, 0.4) is 0 Å².